The van der Waals surface area contributed by atoms with Gasteiger partial charge in [-0.25, -0.2) is 0 Å². The number of nitrogens with one attached hydrogen (secondary N) is 1. The van der Waals surface area contributed by atoms with Crippen LogP contribution in [0.25, 0.3) is 0 Å². The SMILES string of the molecule is CC(CC(O)c1ccccc1)NC(=O)Cc1ccc([N+](=O)[O-])cc1. The highest BCUT2D eigenvalue weighted by Gasteiger charge is 2.15. The number of carbonyl (C=O) groups is 1. The Morgan fingerprint density at radius 3 is 2.38 bits per heavy atom. The Morgan fingerprint density at radius 1 is 1.17 bits per heavy atom. The van der Waals surface area contributed by atoms with E-state index in [1.807, 2.05) is 37.3 Å². The molecule has 6 heteroatoms. The maximum atomic E-state index is 12.0. The third kappa shape index (κ3) is 5.17. The first kappa shape index (κ1) is 17.6. The van der Waals surface area contributed by atoms with Crippen LogP contribution in [0.5, 0.6) is 0 Å². The molecule has 6 nitrogen and oxygen atoms in total. The van der Waals surface area contributed by atoms with Crippen LogP contribution in [-0.4, -0.2) is 22.0 Å². The number of hydrogen-bond donors (Lipinski definition) is 2. The molecule has 2 aromatic carbocycles. The highest BCUT2D eigenvalue weighted by Crippen LogP contribution is 2.18. The minimum absolute atomic E-state index is 0.00138. The molecule has 0 fully saturated rings. The van der Waals surface area contributed by atoms with Crippen molar-refractivity contribution in [2.45, 2.75) is 31.9 Å². The molecular formula is C18H20N2O4. The minimum Gasteiger partial charge on any atom is -0.388 e. The number of benzene rings is 2. The average Bonchev–Trinajstić information content (AvgIpc) is 2.55. The van der Waals surface area contributed by atoms with Crippen molar-refractivity contribution in [1.29, 1.82) is 0 Å². The normalized spacial score (nSPS) is 13.1. The van der Waals surface area contributed by atoms with Crippen LogP contribution in [0, 0.1) is 10.1 Å². The monoisotopic (exact) mass is 328 g/mol. The molecule has 0 radical (unpaired) electrons. The van der Waals surface area contributed by atoms with Gasteiger partial charge in [0.05, 0.1) is 17.4 Å². The molecule has 2 unspecified atom stereocenters. The lowest BCUT2D eigenvalue weighted by atomic mass is 10.0. The molecular weight excluding hydrogens is 308 g/mol. The lowest BCUT2D eigenvalue weighted by Crippen LogP contribution is -2.34. The summed E-state index contributed by atoms with van der Waals surface area (Å²) in [4.78, 5) is 22.2. The topological polar surface area (TPSA) is 92.5 Å². The molecule has 0 aliphatic rings. The van der Waals surface area contributed by atoms with Gasteiger partial charge in [-0.1, -0.05) is 42.5 Å². The summed E-state index contributed by atoms with van der Waals surface area (Å²) in [6.07, 6.45) is -0.0827. The highest BCUT2D eigenvalue weighted by molar-refractivity contribution is 5.78. The number of hydrogen-bond acceptors (Lipinski definition) is 4. The van der Waals surface area contributed by atoms with Crippen molar-refractivity contribution >= 4 is 11.6 Å². The zero-order valence-electron chi connectivity index (χ0n) is 13.4. The fourth-order valence-electron chi connectivity index (χ4n) is 2.45. The van der Waals surface area contributed by atoms with E-state index in [9.17, 15) is 20.0 Å². The first-order valence-corrected chi connectivity index (χ1v) is 7.71. The van der Waals surface area contributed by atoms with Gasteiger partial charge in [0, 0.05) is 18.2 Å². The summed E-state index contributed by atoms with van der Waals surface area (Å²) < 4.78 is 0. The van der Waals surface area contributed by atoms with E-state index < -0.39 is 11.0 Å². The van der Waals surface area contributed by atoms with Crippen LogP contribution < -0.4 is 5.32 Å². The van der Waals surface area contributed by atoms with Crippen LogP contribution in [0.2, 0.25) is 0 Å². The second-order valence-corrected chi connectivity index (χ2v) is 5.73. The van der Waals surface area contributed by atoms with Gasteiger partial charge in [-0.05, 0) is 24.5 Å². The predicted molar refractivity (Wildman–Crippen MR) is 90.4 cm³/mol. The molecule has 0 spiro atoms. The predicted octanol–water partition coefficient (Wildman–Crippen LogP) is 2.77. The van der Waals surface area contributed by atoms with Crippen LogP contribution in [-0.2, 0) is 11.2 Å². The molecule has 2 atom stereocenters. The molecule has 0 aliphatic heterocycles. The number of amides is 1. The Hall–Kier alpha value is -2.73. The molecule has 0 aromatic heterocycles. The van der Waals surface area contributed by atoms with Crippen LogP contribution in [0.4, 0.5) is 5.69 Å². The molecule has 0 bridgehead atoms. The lowest BCUT2D eigenvalue weighted by molar-refractivity contribution is -0.384. The van der Waals surface area contributed by atoms with Gasteiger partial charge >= 0.3 is 0 Å². The van der Waals surface area contributed by atoms with Crippen LogP contribution >= 0.6 is 0 Å². The molecule has 0 aliphatic carbocycles. The van der Waals surface area contributed by atoms with Crippen molar-refractivity contribution in [3.05, 3.63) is 75.8 Å². The van der Waals surface area contributed by atoms with Crippen LogP contribution in [0.15, 0.2) is 54.6 Å². The second-order valence-electron chi connectivity index (χ2n) is 5.73. The number of rotatable bonds is 7. The van der Waals surface area contributed by atoms with Gasteiger partial charge in [0.1, 0.15) is 0 Å². The van der Waals surface area contributed by atoms with Gasteiger partial charge < -0.3 is 10.4 Å². The molecule has 126 valence electrons. The second kappa shape index (κ2) is 8.21. The number of carbonyl (C=O) groups excluding carboxylic acids is 1. The zero-order chi connectivity index (χ0) is 17.5. The molecule has 2 rings (SSSR count). The fourth-order valence-corrected chi connectivity index (χ4v) is 2.45. The summed E-state index contributed by atoms with van der Waals surface area (Å²) in [6.45, 7) is 1.83. The zero-order valence-corrected chi connectivity index (χ0v) is 13.4. The molecule has 1 amide bonds. The van der Waals surface area contributed by atoms with E-state index >= 15 is 0 Å². The summed E-state index contributed by atoms with van der Waals surface area (Å²) in [5.74, 6) is -0.184. The largest absolute Gasteiger partial charge is 0.388 e. The van der Waals surface area contributed by atoms with Crippen LogP contribution in [0.3, 0.4) is 0 Å². The van der Waals surface area contributed by atoms with Crippen molar-refractivity contribution in [3.8, 4) is 0 Å². The first-order chi connectivity index (χ1) is 11.5. The standard InChI is InChI=1S/C18H20N2O4/c1-13(11-17(21)15-5-3-2-4-6-15)19-18(22)12-14-7-9-16(10-8-14)20(23)24/h2-10,13,17,21H,11-12H2,1H3,(H,19,22). The molecule has 24 heavy (non-hydrogen) atoms. The van der Waals surface area contributed by atoms with Crippen molar-refractivity contribution < 1.29 is 14.8 Å². The van der Waals surface area contributed by atoms with E-state index in [4.69, 9.17) is 0 Å². The van der Waals surface area contributed by atoms with Gasteiger partial charge in [-0.3, -0.25) is 14.9 Å². The number of aliphatic hydroxyl groups excluding tert-OH is 1. The van der Waals surface area contributed by atoms with E-state index in [0.717, 1.165) is 5.56 Å². The fraction of sp³-hybridized carbons (Fsp3) is 0.278. The molecule has 0 heterocycles. The van der Waals surface area contributed by atoms with E-state index in [1.165, 1.54) is 12.1 Å². The maximum Gasteiger partial charge on any atom is 0.269 e. The highest BCUT2D eigenvalue weighted by atomic mass is 16.6. The minimum atomic E-state index is -0.638. The van der Waals surface area contributed by atoms with Crippen molar-refractivity contribution in [3.63, 3.8) is 0 Å². The summed E-state index contributed by atoms with van der Waals surface area (Å²) in [6, 6.07) is 15.0. The number of nitro groups is 1. The van der Waals surface area contributed by atoms with E-state index in [2.05, 4.69) is 5.32 Å². The Bertz CT molecular complexity index is 686. The van der Waals surface area contributed by atoms with Gasteiger partial charge in [0.15, 0.2) is 0 Å². The summed E-state index contributed by atoms with van der Waals surface area (Å²) in [5, 5.41) is 23.6. The Balaban J connectivity index is 1.84. The van der Waals surface area contributed by atoms with Crippen molar-refractivity contribution in [2.75, 3.05) is 0 Å². The Labute approximate surface area is 140 Å². The first-order valence-electron chi connectivity index (χ1n) is 7.71. The van der Waals surface area contributed by atoms with Gasteiger partial charge in [-0.15, -0.1) is 0 Å². The summed E-state index contributed by atoms with van der Waals surface area (Å²) >= 11 is 0. The van der Waals surface area contributed by atoms with Crippen molar-refractivity contribution in [1.82, 2.24) is 5.32 Å². The quantitative estimate of drug-likeness (QED) is 0.604. The lowest BCUT2D eigenvalue weighted by Gasteiger charge is -2.18. The molecule has 2 N–H and O–H groups in total. The van der Waals surface area contributed by atoms with E-state index in [1.54, 1.807) is 12.1 Å². The van der Waals surface area contributed by atoms with Crippen molar-refractivity contribution in [2.24, 2.45) is 0 Å². The summed E-state index contributed by atoms with van der Waals surface area (Å²) in [5.41, 5.74) is 1.52. The van der Waals surface area contributed by atoms with E-state index in [0.29, 0.717) is 12.0 Å². The Morgan fingerprint density at radius 2 is 1.79 bits per heavy atom. The number of nitro benzene ring substituents is 1. The van der Waals surface area contributed by atoms with Gasteiger partial charge in [-0.2, -0.15) is 0 Å². The number of aliphatic hydroxyl groups is 1. The maximum absolute atomic E-state index is 12.0. The molecule has 0 saturated carbocycles. The number of non-ortho nitro benzene ring substituents is 1. The molecule has 2 aromatic rings. The molecule has 0 saturated heterocycles. The summed E-state index contributed by atoms with van der Waals surface area (Å²) in [7, 11) is 0. The van der Waals surface area contributed by atoms with Gasteiger partial charge in [0.25, 0.3) is 5.69 Å². The van der Waals surface area contributed by atoms with Gasteiger partial charge in [0.2, 0.25) is 5.91 Å². The third-order valence-electron chi connectivity index (χ3n) is 3.68. The Kier molecular flexibility index (Phi) is 6.03. The smallest absolute Gasteiger partial charge is 0.269 e. The number of nitrogens with zero attached hydrogens (tertiary/aromatic N) is 1. The van der Waals surface area contributed by atoms with E-state index in [-0.39, 0.29) is 24.1 Å². The third-order valence-corrected chi connectivity index (χ3v) is 3.68. The van der Waals surface area contributed by atoms with Crippen LogP contribution in [0.1, 0.15) is 30.6 Å². The average molecular weight is 328 g/mol.